The van der Waals surface area contributed by atoms with Crippen LogP contribution in [-0.4, -0.2) is 22.6 Å². The summed E-state index contributed by atoms with van der Waals surface area (Å²) < 4.78 is 5.37. The van der Waals surface area contributed by atoms with Gasteiger partial charge in [-0.3, -0.25) is 10.1 Å². The van der Waals surface area contributed by atoms with Crippen molar-refractivity contribution in [2.24, 2.45) is 5.92 Å². The number of benzene rings is 1. The van der Waals surface area contributed by atoms with Crippen molar-refractivity contribution in [3.63, 3.8) is 0 Å². The van der Waals surface area contributed by atoms with Gasteiger partial charge in [0.2, 0.25) is 0 Å². The molecule has 19 heavy (non-hydrogen) atoms. The van der Waals surface area contributed by atoms with E-state index in [0.29, 0.717) is 18.1 Å². The Labute approximate surface area is 111 Å². The summed E-state index contributed by atoms with van der Waals surface area (Å²) in [6.07, 6.45) is 0.876. The van der Waals surface area contributed by atoms with E-state index in [1.165, 1.54) is 12.1 Å². The van der Waals surface area contributed by atoms with Gasteiger partial charge in [0.1, 0.15) is 0 Å². The minimum Gasteiger partial charge on any atom is -0.478 e. The predicted molar refractivity (Wildman–Crippen MR) is 69.2 cm³/mol. The van der Waals surface area contributed by atoms with E-state index in [1.807, 2.05) is 0 Å². The lowest BCUT2D eigenvalue weighted by molar-refractivity contribution is -0.386. The van der Waals surface area contributed by atoms with Crippen LogP contribution < -0.4 is 0 Å². The number of aromatic carboxylic acids is 1. The fraction of sp³-hybridized carbons (Fsp3) is 0.462. The molecule has 6 heteroatoms. The Morgan fingerprint density at radius 1 is 1.47 bits per heavy atom. The Kier molecular flexibility index (Phi) is 5.44. The van der Waals surface area contributed by atoms with Gasteiger partial charge in [0.25, 0.3) is 5.69 Å². The number of carboxylic acids is 1. The first kappa shape index (κ1) is 15.1. The van der Waals surface area contributed by atoms with Crippen molar-refractivity contribution in [2.45, 2.75) is 26.9 Å². The van der Waals surface area contributed by atoms with Gasteiger partial charge in [-0.05, 0) is 24.5 Å². The monoisotopic (exact) mass is 267 g/mol. The second-order valence-electron chi connectivity index (χ2n) is 4.64. The van der Waals surface area contributed by atoms with E-state index in [0.717, 1.165) is 12.5 Å². The third kappa shape index (κ3) is 4.67. The summed E-state index contributed by atoms with van der Waals surface area (Å²) in [6, 6.07) is 3.83. The van der Waals surface area contributed by atoms with E-state index in [4.69, 9.17) is 9.84 Å². The number of hydrogen-bond acceptors (Lipinski definition) is 4. The number of nitro benzene ring substituents is 1. The predicted octanol–water partition coefficient (Wildman–Crippen LogP) is 2.86. The highest BCUT2D eigenvalue weighted by molar-refractivity contribution is 5.88. The normalized spacial score (nSPS) is 10.7. The maximum absolute atomic E-state index is 10.9. The first-order chi connectivity index (χ1) is 8.91. The van der Waals surface area contributed by atoms with Crippen molar-refractivity contribution in [2.75, 3.05) is 6.61 Å². The average Bonchev–Trinajstić information content (AvgIpc) is 2.34. The molecular weight excluding hydrogens is 250 g/mol. The van der Waals surface area contributed by atoms with E-state index >= 15 is 0 Å². The van der Waals surface area contributed by atoms with Crippen LogP contribution in [0.1, 0.15) is 36.2 Å². The molecule has 0 heterocycles. The zero-order valence-electron chi connectivity index (χ0n) is 11.0. The summed E-state index contributed by atoms with van der Waals surface area (Å²) in [7, 11) is 0. The first-order valence-corrected chi connectivity index (χ1v) is 6.00. The average molecular weight is 267 g/mol. The molecule has 0 atom stereocenters. The SMILES string of the molecule is CC(C)CCOCc1ccc(C(=O)O)cc1[N+](=O)[O-]. The Morgan fingerprint density at radius 3 is 2.68 bits per heavy atom. The number of hydrogen-bond donors (Lipinski definition) is 1. The van der Waals surface area contributed by atoms with Crippen molar-refractivity contribution in [1.29, 1.82) is 0 Å². The van der Waals surface area contributed by atoms with Crippen LogP contribution in [0.15, 0.2) is 18.2 Å². The van der Waals surface area contributed by atoms with Crippen LogP contribution in [-0.2, 0) is 11.3 Å². The van der Waals surface area contributed by atoms with Crippen LogP contribution in [0.3, 0.4) is 0 Å². The van der Waals surface area contributed by atoms with Gasteiger partial charge < -0.3 is 9.84 Å². The minimum atomic E-state index is -1.18. The molecule has 1 rings (SSSR count). The lowest BCUT2D eigenvalue weighted by Crippen LogP contribution is -2.04. The molecule has 0 aliphatic rings. The van der Waals surface area contributed by atoms with Gasteiger partial charge in [-0.2, -0.15) is 0 Å². The van der Waals surface area contributed by atoms with Crippen LogP contribution in [0.2, 0.25) is 0 Å². The van der Waals surface area contributed by atoms with Gasteiger partial charge in [0.15, 0.2) is 0 Å². The summed E-state index contributed by atoms with van der Waals surface area (Å²) in [5.41, 5.74) is 0.0702. The molecule has 0 unspecified atom stereocenters. The van der Waals surface area contributed by atoms with Gasteiger partial charge in [-0.15, -0.1) is 0 Å². The second-order valence-corrected chi connectivity index (χ2v) is 4.64. The van der Waals surface area contributed by atoms with Crippen molar-refractivity contribution in [1.82, 2.24) is 0 Å². The number of carboxylic acid groups (broad SMARTS) is 1. The number of rotatable bonds is 7. The smallest absolute Gasteiger partial charge is 0.335 e. The molecule has 0 bridgehead atoms. The van der Waals surface area contributed by atoms with Crippen molar-refractivity contribution in [3.8, 4) is 0 Å². The summed E-state index contributed by atoms with van der Waals surface area (Å²) in [4.78, 5) is 21.1. The Morgan fingerprint density at radius 2 is 2.16 bits per heavy atom. The van der Waals surface area contributed by atoms with Gasteiger partial charge >= 0.3 is 5.97 Å². The lowest BCUT2D eigenvalue weighted by atomic mass is 10.1. The third-order valence-corrected chi connectivity index (χ3v) is 2.63. The Bertz CT molecular complexity index is 470. The number of nitro groups is 1. The summed E-state index contributed by atoms with van der Waals surface area (Å²) in [5, 5.41) is 19.7. The van der Waals surface area contributed by atoms with Gasteiger partial charge in [-0.25, -0.2) is 4.79 Å². The van der Waals surface area contributed by atoms with Gasteiger partial charge in [0, 0.05) is 12.7 Å². The highest BCUT2D eigenvalue weighted by Gasteiger charge is 2.17. The highest BCUT2D eigenvalue weighted by atomic mass is 16.6. The Hall–Kier alpha value is -1.95. The number of carbonyl (C=O) groups is 1. The summed E-state index contributed by atoms with van der Waals surface area (Å²) in [6.45, 7) is 4.76. The highest BCUT2D eigenvalue weighted by Crippen LogP contribution is 2.21. The minimum absolute atomic E-state index is 0.0994. The van der Waals surface area contributed by atoms with E-state index in [-0.39, 0.29) is 17.9 Å². The molecular formula is C13H17NO5. The molecule has 104 valence electrons. The van der Waals surface area contributed by atoms with Crippen molar-refractivity contribution >= 4 is 11.7 Å². The fourth-order valence-electron chi connectivity index (χ4n) is 1.49. The molecule has 0 radical (unpaired) electrons. The number of nitrogens with zero attached hydrogens (tertiary/aromatic N) is 1. The first-order valence-electron chi connectivity index (χ1n) is 6.00. The molecule has 0 amide bonds. The van der Waals surface area contributed by atoms with E-state index in [1.54, 1.807) is 0 Å². The molecule has 1 aromatic rings. The fourth-order valence-corrected chi connectivity index (χ4v) is 1.49. The van der Waals surface area contributed by atoms with Crippen LogP contribution in [0.25, 0.3) is 0 Å². The van der Waals surface area contributed by atoms with Crippen LogP contribution in [0, 0.1) is 16.0 Å². The van der Waals surface area contributed by atoms with E-state index in [2.05, 4.69) is 13.8 Å². The maximum Gasteiger partial charge on any atom is 0.335 e. The molecule has 1 aromatic carbocycles. The number of ether oxygens (including phenoxy) is 1. The Balaban J connectivity index is 2.77. The standard InChI is InChI=1S/C13H17NO5/c1-9(2)5-6-19-8-11-4-3-10(13(15)16)7-12(11)14(17)18/h3-4,7,9H,5-6,8H2,1-2H3,(H,15,16). The van der Waals surface area contributed by atoms with E-state index in [9.17, 15) is 14.9 Å². The van der Waals surface area contributed by atoms with E-state index < -0.39 is 10.9 Å². The molecule has 0 spiro atoms. The molecule has 1 N–H and O–H groups in total. The molecule has 6 nitrogen and oxygen atoms in total. The zero-order chi connectivity index (χ0) is 14.4. The van der Waals surface area contributed by atoms with Crippen molar-refractivity contribution < 1.29 is 19.6 Å². The van der Waals surface area contributed by atoms with Crippen LogP contribution in [0.4, 0.5) is 5.69 Å². The molecule has 0 aliphatic heterocycles. The molecule has 0 saturated carbocycles. The van der Waals surface area contributed by atoms with Gasteiger partial charge in [0.05, 0.1) is 22.7 Å². The molecule has 0 fully saturated rings. The summed E-state index contributed by atoms with van der Waals surface area (Å²) >= 11 is 0. The lowest BCUT2D eigenvalue weighted by Gasteiger charge is -2.07. The summed E-state index contributed by atoms with van der Waals surface area (Å²) in [5.74, 6) is -0.681. The quantitative estimate of drug-likeness (QED) is 0.466. The second kappa shape index (κ2) is 6.84. The van der Waals surface area contributed by atoms with Crippen LogP contribution in [0.5, 0.6) is 0 Å². The molecule has 0 aromatic heterocycles. The maximum atomic E-state index is 10.9. The van der Waals surface area contributed by atoms with Crippen LogP contribution >= 0.6 is 0 Å². The van der Waals surface area contributed by atoms with Crippen molar-refractivity contribution in [3.05, 3.63) is 39.4 Å². The zero-order valence-corrected chi connectivity index (χ0v) is 11.0. The molecule has 0 saturated heterocycles. The third-order valence-electron chi connectivity index (χ3n) is 2.63. The topological polar surface area (TPSA) is 89.7 Å². The largest absolute Gasteiger partial charge is 0.478 e. The molecule has 0 aliphatic carbocycles. The van der Waals surface area contributed by atoms with Gasteiger partial charge in [-0.1, -0.05) is 13.8 Å².